The average molecular weight is 450 g/mol. The third kappa shape index (κ3) is 3.25. The Morgan fingerprint density at radius 3 is 2.34 bits per heavy atom. The lowest BCUT2D eigenvalue weighted by Crippen LogP contribution is -2.30. The summed E-state index contributed by atoms with van der Waals surface area (Å²) in [5, 5.41) is 6.13. The predicted molar refractivity (Wildman–Crippen MR) is 139 cm³/mol. The fourth-order valence-electron chi connectivity index (χ4n) is 5.30. The van der Waals surface area contributed by atoms with E-state index in [1.165, 1.54) is 33.4 Å². The lowest BCUT2D eigenvalue weighted by Gasteiger charge is -2.39. The Labute approximate surface area is 193 Å². The molecule has 0 bridgehead atoms. The molecule has 6 heteroatoms. The van der Waals surface area contributed by atoms with Crippen LogP contribution < -0.4 is 4.90 Å². The maximum absolute atomic E-state index is 5.60. The van der Waals surface area contributed by atoms with Gasteiger partial charge in [0.15, 0.2) is 7.36 Å². The van der Waals surface area contributed by atoms with Crippen LogP contribution in [0.3, 0.4) is 0 Å². The van der Waals surface area contributed by atoms with Gasteiger partial charge >= 0.3 is 0 Å². The zero-order chi connectivity index (χ0) is 23.3. The molecule has 2 aliphatic heterocycles. The number of hydrogen-bond acceptors (Lipinski definition) is 3. The van der Waals surface area contributed by atoms with Gasteiger partial charge in [-0.1, -0.05) is 63.6 Å². The summed E-state index contributed by atoms with van der Waals surface area (Å²) in [4.78, 5) is 2.37. The summed E-state index contributed by atoms with van der Waals surface area (Å²) in [6.45, 7) is 15.3. The maximum Gasteiger partial charge on any atom is 0.174 e. The number of para-hydroxylation sites is 1. The van der Waals surface area contributed by atoms with Crippen LogP contribution in [0, 0.1) is 13.8 Å². The molecule has 4 rings (SSSR count). The Bertz CT molecular complexity index is 1160. The zero-order valence-electron chi connectivity index (χ0n) is 20.7. The quantitative estimate of drug-likeness (QED) is 0.477. The molecule has 2 aliphatic rings. The van der Waals surface area contributed by atoms with E-state index < -0.39 is 7.36 Å². The molecule has 2 aromatic rings. The third-order valence-electron chi connectivity index (χ3n) is 6.91. The van der Waals surface area contributed by atoms with Gasteiger partial charge in [-0.3, -0.25) is 0 Å². The summed E-state index contributed by atoms with van der Waals surface area (Å²) >= 11 is 0. The molecule has 0 saturated heterocycles. The highest BCUT2D eigenvalue weighted by Crippen LogP contribution is 2.69. The van der Waals surface area contributed by atoms with E-state index >= 15 is 0 Å². The predicted octanol–water partition coefficient (Wildman–Crippen LogP) is 6.88. The zero-order valence-corrected chi connectivity index (χ0v) is 21.6. The van der Waals surface area contributed by atoms with Crippen molar-refractivity contribution in [3.8, 4) is 0 Å². The SMILES string of the molecule is CCN(CC)[P@@]1(=Nc2ccc(C)cc2C)/C(=C2/N(C)c3ccccc3C2(C)C)C=NN1C. The molecule has 0 aliphatic carbocycles. The summed E-state index contributed by atoms with van der Waals surface area (Å²) < 4.78 is 10.3. The summed E-state index contributed by atoms with van der Waals surface area (Å²) in [5.74, 6) is 0. The number of likely N-dealkylation sites (N-methyl/N-ethyl adjacent to an activating group) is 1. The number of hydrazone groups is 1. The van der Waals surface area contributed by atoms with Crippen LogP contribution in [0.25, 0.3) is 0 Å². The van der Waals surface area contributed by atoms with Crippen LogP contribution in [0.15, 0.2) is 63.3 Å². The van der Waals surface area contributed by atoms with E-state index in [4.69, 9.17) is 9.85 Å². The minimum atomic E-state index is -2.31. The number of rotatable bonds is 4. The van der Waals surface area contributed by atoms with Gasteiger partial charge in [-0.25, -0.2) is 14.2 Å². The Morgan fingerprint density at radius 1 is 1.03 bits per heavy atom. The van der Waals surface area contributed by atoms with E-state index in [0.717, 1.165) is 18.8 Å². The summed E-state index contributed by atoms with van der Waals surface area (Å²) in [6, 6.07) is 15.3. The monoisotopic (exact) mass is 449 g/mol. The van der Waals surface area contributed by atoms with E-state index in [1.54, 1.807) is 0 Å². The van der Waals surface area contributed by atoms with Crippen molar-refractivity contribution in [2.75, 3.05) is 32.1 Å². The second-order valence-electron chi connectivity index (χ2n) is 9.27. The number of hydrogen-bond donors (Lipinski definition) is 0. The van der Waals surface area contributed by atoms with E-state index in [1.807, 2.05) is 0 Å². The van der Waals surface area contributed by atoms with Crippen molar-refractivity contribution in [2.45, 2.75) is 47.0 Å². The molecule has 0 saturated carbocycles. The molecule has 2 heterocycles. The molecule has 0 unspecified atom stereocenters. The Balaban J connectivity index is 2.08. The highest BCUT2D eigenvalue weighted by molar-refractivity contribution is 7.67. The van der Waals surface area contributed by atoms with Crippen molar-refractivity contribution >= 4 is 24.9 Å². The Kier molecular flexibility index (Phi) is 5.85. The third-order valence-corrected chi connectivity index (χ3v) is 10.6. The van der Waals surface area contributed by atoms with Gasteiger partial charge in [-0.2, -0.15) is 5.10 Å². The van der Waals surface area contributed by atoms with Crippen molar-refractivity contribution in [1.29, 1.82) is 0 Å². The number of allylic oxidation sites excluding steroid dienone is 2. The van der Waals surface area contributed by atoms with Crippen LogP contribution >= 0.6 is 7.36 Å². The molecule has 1 atom stereocenters. The maximum atomic E-state index is 5.60. The van der Waals surface area contributed by atoms with Crippen LogP contribution in [0.2, 0.25) is 0 Å². The van der Waals surface area contributed by atoms with Crippen molar-refractivity contribution in [1.82, 2.24) is 9.45 Å². The highest BCUT2D eigenvalue weighted by Gasteiger charge is 2.47. The van der Waals surface area contributed by atoms with Gasteiger partial charge in [-0.05, 0) is 37.1 Å². The van der Waals surface area contributed by atoms with Gasteiger partial charge < -0.3 is 4.90 Å². The van der Waals surface area contributed by atoms with Crippen molar-refractivity contribution < 1.29 is 0 Å². The molecule has 5 nitrogen and oxygen atoms in total. The van der Waals surface area contributed by atoms with Gasteiger partial charge in [0.1, 0.15) is 0 Å². The Hall–Kier alpha value is -2.36. The standard InChI is InChI=1S/C26H36N5P/c1-9-31(10-2)32(28-22-16-15-19(3)17-20(22)4)24(18-27-30(32)8)25-26(5,6)21-13-11-12-14-23(21)29(25)7/h11-18H,9-10H2,1-8H3/b25-24+/t32-/m1/s1. The van der Waals surface area contributed by atoms with Gasteiger partial charge in [0.05, 0.1) is 17.2 Å². The lowest BCUT2D eigenvalue weighted by atomic mass is 9.84. The normalized spacial score (nSPS) is 23.9. The lowest BCUT2D eigenvalue weighted by molar-refractivity contribution is 0.452. The molecule has 0 N–H and O–H groups in total. The van der Waals surface area contributed by atoms with Crippen molar-refractivity contribution in [3.05, 3.63) is 70.2 Å². The first kappa shape index (κ1) is 22.8. The molecule has 0 aromatic heterocycles. The van der Waals surface area contributed by atoms with E-state index in [9.17, 15) is 0 Å². The van der Waals surface area contributed by atoms with Crippen LogP contribution in [0.1, 0.15) is 44.4 Å². The number of anilines is 1. The molecule has 0 radical (unpaired) electrons. The summed E-state index contributed by atoms with van der Waals surface area (Å²) in [7, 11) is 1.98. The summed E-state index contributed by atoms with van der Waals surface area (Å²) in [5.41, 5.74) is 7.34. The molecule has 0 spiro atoms. The molecule has 0 amide bonds. The average Bonchev–Trinajstić information content (AvgIpc) is 3.17. The Morgan fingerprint density at radius 2 is 1.72 bits per heavy atom. The van der Waals surface area contributed by atoms with Gasteiger partial charge in [0.25, 0.3) is 0 Å². The van der Waals surface area contributed by atoms with Gasteiger partial charge in [0.2, 0.25) is 0 Å². The van der Waals surface area contributed by atoms with Crippen molar-refractivity contribution in [2.24, 2.45) is 9.85 Å². The second-order valence-corrected chi connectivity index (χ2v) is 12.2. The van der Waals surface area contributed by atoms with Crippen LogP contribution in [0.5, 0.6) is 0 Å². The number of benzene rings is 2. The molecule has 32 heavy (non-hydrogen) atoms. The van der Waals surface area contributed by atoms with E-state index in [0.29, 0.717) is 0 Å². The molecule has 0 fully saturated rings. The first-order valence-electron chi connectivity index (χ1n) is 11.5. The summed E-state index contributed by atoms with van der Waals surface area (Å²) in [6.07, 6.45) is 2.08. The fraction of sp³-hybridized carbons (Fsp3) is 0.423. The van der Waals surface area contributed by atoms with Crippen LogP contribution in [-0.2, 0) is 5.41 Å². The van der Waals surface area contributed by atoms with E-state index in [2.05, 4.69) is 119 Å². The smallest absolute Gasteiger partial charge is 0.174 e. The number of nitrogens with zero attached hydrogens (tertiary/aromatic N) is 5. The topological polar surface area (TPSA) is 34.4 Å². The molecule has 170 valence electrons. The van der Waals surface area contributed by atoms with Crippen molar-refractivity contribution in [3.63, 3.8) is 0 Å². The van der Waals surface area contributed by atoms with E-state index in [-0.39, 0.29) is 5.41 Å². The highest BCUT2D eigenvalue weighted by atomic mass is 31.2. The largest absolute Gasteiger partial charge is 0.346 e. The molecule has 2 aromatic carbocycles. The molecular weight excluding hydrogens is 413 g/mol. The van der Waals surface area contributed by atoms with Crippen LogP contribution in [-0.4, -0.2) is 42.8 Å². The number of fused-ring (bicyclic) bond motifs is 1. The first-order valence-corrected chi connectivity index (χ1v) is 13.1. The van der Waals surface area contributed by atoms with Gasteiger partial charge in [-0.15, -0.1) is 0 Å². The van der Waals surface area contributed by atoms with Crippen LogP contribution in [0.4, 0.5) is 11.4 Å². The second kappa shape index (κ2) is 8.20. The number of aryl methyl sites for hydroxylation is 2. The minimum absolute atomic E-state index is 0.131. The minimum Gasteiger partial charge on any atom is -0.346 e. The molecular formula is C26H36N5P. The first-order chi connectivity index (χ1) is 15.2. The fourth-order valence-corrected chi connectivity index (χ4v) is 9.08. The van der Waals surface area contributed by atoms with Gasteiger partial charge in [0, 0.05) is 44.0 Å².